The van der Waals surface area contributed by atoms with E-state index in [0.717, 1.165) is 11.3 Å². The summed E-state index contributed by atoms with van der Waals surface area (Å²) in [6.07, 6.45) is 3.84. The molecule has 24 heavy (non-hydrogen) atoms. The van der Waals surface area contributed by atoms with E-state index in [4.69, 9.17) is 8.94 Å². The Hall–Kier alpha value is -2.89. The number of aromatic nitrogens is 2. The number of furan rings is 1. The Balaban J connectivity index is 1.67. The van der Waals surface area contributed by atoms with E-state index in [9.17, 15) is 4.79 Å². The van der Waals surface area contributed by atoms with E-state index in [-0.39, 0.29) is 11.8 Å². The third-order valence-corrected chi connectivity index (χ3v) is 3.97. The summed E-state index contributed by atoms with van der Waals surface area (Å²) in [6.45, 7) is 0.540. The summed E-state index contributed by atoms with van der Waals surface area (Å²) in [7, 11) is 1.78. The lowest BCUT2D eigenvalue weighted by molar-refractivity contribution is -0.130. The summed E-state index contributed by atoms with van der Waals surface area (Å²) in [5.41, 5.74) is 1.06. The van der Waals surface area contributed by atoms with Crippen LogP contribution in [0.3, 0.4) is 0 Å². The van der Waals surface area contributed by atoms with Crippen molar-refractivity contribution in [2.45, 2.75) is 18.8 Å². The Morgan fingerprint density at radius 2 is 2.04 bits per heavy atom. The topological polar surface area (TPSA) is 72.4 Å². The van der Waals surface area contributed by atoms with Gasteiger partial charge in [0.25, 0.3) is 0 Å². The minimum Gasteiger partial charge on any atom is -0.469 e. The minimum absolute atomic E-state index is 0.0451. The van der Waals surface area contributed by atoms with Crippen molar-refractivity contribution < 1.29 is 13.7 Å². The largest absolute Gasteiger partial charge is 0.469 e. The average molecular weight is 325 g/mol. The molecule has 0 spiro atoms. The van der Waals surface area contributed by atoms with E-state index in [2.05, 4.69) is 10.1 Å². The molecule has 3 rings (SSSR count). The van der Waals surface area contributed by atoms with E-state index in [0.29, 0.717) is 25.2 Å². The minimum atomic E-state index is -0.0960. The molecule has 2 aromatic heterocycles. The van der Waals surface area contributed by atoms with E-state index in [1.807, 2.05) is 42.5 Å². The summed E-state index contributed by atoms with van der Waals surface area (Å²) < 4.78 is 10.2. The summed E-state index contributed by atoms with van der Waals surface area (Å²) in [4.78, 5) is 18.3. The zero-order valence-electron chi connectivity index (χ0n) is 13.5. The number of likely N-dealkylation sites (N-methyl/N-ethyl adjacent to an activating group) is 1. The van der Waals surface area contributed by atoms with Crippen LogP contribution in [0.25, 0.3) is 0 Å². The van der Waals surface area contributed by atoms with Crippen molar-refractivity contribution in [3.05, 3.63) is 72.3 Å². The van der Waals surface area contributed by atoms with Crippen LogP contribution in [-0.4, -0.2) is 34.5 Å². The van der Waals surface area contributed by atoms with Crippen LogP contribution < -0.4 is 0 Å². The standard InChI is InChI=1S/C18H19N3O3/c1-21(10-9-17-19-13-24-20-17)18(22)12-15(16-8-5-11-23-16)14-6-3-2-4-7-14/h2-8,11,13,15H,9-10,12H2,1H3/t15-/m0/s1. The first-order valence-corrected chi connectivity index (χ1v) is 7.81. The highest BCUT2D eigenvalue weighted by Gasteiger charge is 2.22. The lowest BCUT2D eigenvalue weighted by Crippen LogP contribution is -2.30. The lowest BCUT2D eigenvalue weighted by atomic mass is 9.92. The smallest absolute Gasteiger partial charge is 0.223 e. The second-order valence-electron chi connectivity index (χ2n) is 5.60. The normalized spacial score (nSPS) is 12.0. The molecule has 0 aliphatic carbocycles. The fraction of sp³-hybridized carbons (Fsp3) is 0.278. The Bertz CT molecular complexity index is 739. The molecule has 1 atom stereocenters. The average Bonchev–Trinajstić information content (AvgIpc) is 3.31. The molecule has 124 valence electrons. The van der Waals surface area contributed by atoms with Gasteiger partial charge in [0, 0.05) is 26.4 Å². The van der Waals surface area contributed by atoms with Gasteiger partial charge in [0.2, 0.25) is 12.3 Å². The Kier molecular flexibility index (Phi) is 5.05. The maximum Gasteiger partial charge on any atom is 0.223 e. The molecule has 2 heterocycles. The van der Waals surface area contributed by atoms with Crippen molar-refractivity contribution >= 4 is 5.91 Å². The van der Waals surface area contributed by atoms with Crippen LogP contribution in [0.5, 0.6) is 0 Å². The van der Waals surface area contributed by atoms with Gasteiger partial charge in [-0.25, -0.2) is 0 Å². The SMILES string of the molecule is CN(CCc1ncon1)C(=O)C[C@@H](c1ccccc1)c1ccco1. The van der Waals surface area contributed by atoms with Crippen molar-refractivity contribution in [2.24, 2.45) is 0 Å². The fourth-order valence-corrected chi connectivity index (χ4v) is 2.58. The van der Waals surface area contributed by atoms with Gasteiger partial charge in [-0.05, 0) is 17.7 Å². The molecule has 1 aromatic carbocycles. The number of benzene rings is 1. The molecule has 0 aliphatic heterocycles. The van der Waals surface area contributed by atoms with E-state index in [1.54, 1.807) is 18.2 Å². The lowest BCUT2D eigenvalue weighted by Gasteiger charge is -2.20. The van der Waals surface area contributed by atoms with Crippen molar-refractivity contribution in [1.29, 1.82) is 0 Å². The monoisotopic (exact) mass is 325 g/mol. The van der Waals surface area contributed by atoms with E-state index >= 15 is 0 Å². The van der Waals surface area contributed by atoms with Gasteiger partial charge in [-0.1, -0.05) is 35.5 Å². The van der Waals surface area contributed by atoms with Gasteiger partial charge in [-0.3, -0.25) is 4.79 Å². The number of hydrogen-bond donors (Lipinski definition) is 0. The summed E-state index contributed by atoms with van der Waals surface area (Å²) in [5, 5.41) is 3.76. The maximum absolute atomic E-state index is 12.6. The Labute approximate surface area is 140 Å². The summed E-state index contributed by atoms with van der Waals surface area (Å²) in [6, 6.07) is 13.7. The highest BCUT2D eigenvalue weighted by Crippen LogP contribution is 2.28. The molecule has 3 aromatic rings. The third-order valence-electron chi connectivity index (χ3n) is 3.97. The highest BCUT2D eigenvalue weighted by molar-refractivity contribution is 5.77. The van der Waals surface area contributed by atoms with Gasteiger partial charge in [-0.2, -0.15) is 4.98 Å². The Morgan fingerprint density at radius 1 is 1.21 bits per heavy atom. The molecule has 0 aliphatic rings. The first-order chi connectivity index (χ1) is 11.7. The van der Waals surface area contributed by atoms with Crippen molar-refractivity contribution in [2.75, 3.05) is 13.6 Å². The molecular weight excluding hydrogens is 306 g/mol. The zero-order chi connectivity index (χ0) is 16.8. The molecule has 0 saturated carbocycles. The van der Waals surface area contributed by atoms with E-state index in [1.165, 1.54) is 6.39 Å². The second-order valence-corrected chi connectivity index (χ2v) is 5.60. The van der Waals surface area contributed by atoms with Crippen LogP contribution in [0.1, 0.15) is 29.5 Å². The molecule has 0 unspecified atom stereocenters. The molecule has 0 radical (unpaired) electrons. The number of nitrogens with zero attached hydrogens (tertiary/aromatic N) is 3. The number of carbonyl (C=O) groups is 1. The molecule has 1 amide bonds. The van der Waals surface area contributed by atoms with Crippen LogP contribution in [0.4, 0.5) is 0 Å². The number of hydrogen-bond acceptors (Lipinski definition) is 5. The molecular formula is C18H19N3O3. The van der Waals surface area contributed by atoms with Crippen molar-refractivity contribution in [3.63, 3.8) is 0 Å². The zero-order valence-corrected chi connectivity index (χ0v) is 13.5. The quantitative estimate of drug-likeness (QED) is 0.668. The Morgan fingerprint density at radius 3 is 2.71 bits per heavy atom. The summed E-state index contributed by atoms with van der Waals surface area (Å²) >= 11 is 0. The van der Waals surface area contributed by atoms with Crippen LogP contribution >= 0.6 is 0 Å². The van der Waals surface area contributed by atoms with Crippen molar-refractivity contribution in [1.82, 2.24) is 15.0 Å². The van der Waals surface area contributed by atoms with Gasteiger partial charge < -0.3 is 13.8 Å². The first-order valence-electron chi connectivity index (χ1n) is 7.81. The molecule has 0 fully saturated rings. The van der Waals surface area contributed by atoms with E-state index < -0.39 is 0 Å². The van der Waals surface area contributed by atoms with Crippen molar-refractivity contribution in [3.8, 4) is 0 Å². The van der Waals surface area contributed by atoms with Crippen LogP contribution in [-0.2, 0) is 11.2 Å². The summed E-state index contributed by atoms with van der Waals surface area (Å²) in [5.74, 6) is 1.34. The first kappa shape index (κ1) is 16.0. The molecule has 6 nitrogen and oxygen atoms in total. The molecule has 6 heteroatoms. The highest BCUT2D eigenvalue weighted by atomic mass is 16.5. The number of amides is 1. The van der Waals surface area contributed by atoms with Gasteiger partial charge in [-0.15, -0.1) is 0 Å². The number of rotatable bonds is 7. The predicted octanol–water partition coefficient (Wildman–Crippen LogP) is 2.89. The fourth-order valence-electron chi connectivity index (χ4n) is 2.58. The van der Waals surface area contributed by atoms with Gasteiger partial charge in [0.1, 0.15) is 5.76 Å². The third kappa shape index (κ3) is 3.90. The molecule has 0 bridgehead atoms. The van der Waals surface area contributed by atoms with Gasteiger partial charge >= 0.3 is 0 Å². The van der Waals surface area contributed by atoms with Crippen LogP contribution in [0.15, 0.2) is 64.1 Å². The second kappa shape index (κ2) is 7.59. The molecule has 0 N–H and O–H groups in total. The maximum atomic E-state index is 12.6. The van der Waals surface area contributed by atoms with Crippen LogP contribution in [0, 0.1) is 0 Å². The van der Waals surface area contributed by atoms with Gasteiger partial charge in [0.05, 0.1) is 12.2 Å². The van der Waals surface area contributed by atoms with Crippen LogP contribution in [0.2, 0.25) is 0 Å². The predicted molar refractivity (Wildman–Crippen MR) is 87.2 cm³/mol. The molecule has 0 saturated heterocycles. The van der Waals surface area contributed by atoms with Gasteiger partial charge in [0.15, 0.2) is 5.82 Å². The number of carbonyl (C=O) groups excluding carboxylic acids is 1.